The first-order valence-corrected chi connectivity index (χ1v) is 2.91. The molecular formula is C5H12N2O. The van der Waals surface area contributed by atoms with Crippen LogP contribution in [-0.2, 0) is 0 Å². The molecule has 1 fully saturated rings. The number of hydrogen-bond donors (Lipinski definition) is 3. The quantitative estimate of drug-likeness (QED) is 0.412. The van der Waals surface area contributed by atoms with Gasteiger partial charge in [0.1, 0.15) is 0 Å². The summed E-state index contributed by atoms with van der Waals surface area (Å²) in [6, 6.07) is -0.00347. The summed E-state index contributed by atoms with van der Waals surface area (Å²) >= 11 is 0. The molecule has 4 N–H and O–H groups in total. The first-order valence-electron chi connectivity index (χ1n) is 2.91. The summed E-state index contributed by atoms with van der Waals surface area (Å²) in [6.45, 7) is 2.07. The molecule has 48 valence electrons. The van der Waals surface area contributed by atoms with Gasteiger partial charge >= 0.3 is 0 Å². The van der Waals surface area contributed by atoms with E-state index in [4.69, 9.17) is 10.8 Å². The number of nitrogens with one attached hydrogen (secondary N) is 1. The molecule has 1 rings (SSSR count). The van der Waals surface area contributed by atoms with Crippen LogP contribution in [-0.4, -0.2) is 30.8 Å². The lowest BCUT2D eigenvalue weighted by molar-refractivity contribution is 0.191. The molecule has 0 bridgehead atoms. The molecule has 0 aromatic heterocycles. The Morgan fingerprint density at radius 1 is 1.75 bits per heavy atom. The van der Waals surface area contributed by atoms with Gasteiger partial charge in [-0.15, -0.1) is 0 Å². The van der Waals surface area contributed by atoms with Crippen molar-refractivity contribution in [2.24, 2.45) is 11.7 Å². The zero-order chi connectivity index (χ0) is 5.98. The van der Waals surface area contributed by atoms with E-state index in [0.29, 0.717) is 5.92 Å². The van der Waals surface area contributed by atoms with E-state index in [1.807, 2.05) is 0 Å². The van der Waals surface area contributed by atoms with Gasteiger partial charge < -0.3 is 16.2 Å². The SMILES string of the molecule is NC(CO)C1CNC1. The largest absolute Gasteiger partial charge is 0.395 e. The van der Waals surface area contributed by atoms with Gasteiger partial charge in [-0.1, -0.05) is 0 Å². The molecule has 3 heteroatoms. The molecule has 0 amide bonds. The van der Waals surface area contributed by atoms with Crippen molar-refractivity contribution in [3.05, 3.63) is 0 Å². The fourth-order valence-electron chi connectivity index (χ4n) is 0.763. The lowest BCUT2D eigenvalue weighted by Crippen LogP contribution is -2.52. The topological polar surface area (TPSA) is 58.3 Å². The van der Waals surface area contributed by atoms with Crippen LogP contribution < -0.4 is 11.1 Å². The number of aliphatic hydroxyl groups excluding tert-OH is 1. The summed E-state index contributed by atoms with van der Waals surface area (Å²) < 4.78 is 0. The normalized spacial score (nSPS) is 24.8. The molecule has 1 atom stereocenters. The first kappa shape index (κ1) is 6.01. The van der Waals surface area contributed by atoms with Crippen LogP contribution in [0.5, 0.6) is 0 Å². The molecule has 1 saturated heterocycles. The molecule has 0 spiro atoms. The Morgan fingerprint density at radius 3 is 2.50 bits per heavy atom. The van der Waals surface area contributed by atoms with Crippen LogP contribution in [0.4, 0.5) is 0 Å². The van der Waals surface area contributed by atoms with E-state index < -0.39 is 0 Å². The fraction of sp³-hybridized carbons (Fsp3) is 1.00. The zero-order valence-corrected chi connectivity index (χ0v) is 4.80. The lowest BCUT2D eigenvalue weighted by atomic mass is 9.95. The summed E-state index contributed by atoms with van der Waals surface area (Å²) in [7, 11) is 0. The fourth-order valence-corrected chi connectivity index (χ4v) is 0.763. The molecule has 0 aromatic rings. The van der Waals surface area contributed by atoms with E-state index in [0.717, 1.165) is 13.1 Å². The minimum atomic E-state index is -0.00347. The van der Waals surface area contributed by atoms with Crippen molar-refractivity contribution in [1.29, 1.82) is 0 Å². The van der Waals surface area contributed by atoms with Crippen molar-refractivity contribution in [2.45, 2.75) is 6.04 Å². The maximum Gasteiger partial charge on any atom is 0.0586 e. The predicted octanol–water partition coefficient (Wildman–Crippen LogP) is -1.47. The van der Waals surface area contributed by atoms with Crippen LogP contribution in [0.25, 0.3) is 0 Å². The highest BCUT2D eigenvalue weighted by molar-refractivity contribution is 4.83. The lowest BCUT2D eigenvalue weighted by Gasteiger charge is -2.31. The summed E-state index contributed by atoms with van der Waals surface area (Å²) in [5.41, 5.74) is 5.49. The minimum absolute atomic E-state index is 0.00347. The Labute approximate surface area is 48.9 Å². The van der Waals surface area contributed by atoms with Gasteiger partial charge in [0.2, 0.25) is 0 Å². The second-order valence-corrected chi connectivity index (χ2v) is 2.26. The van der Waals surface area contributed by atoms with Crippen molar-refractivity contribution in [2.75, 3.05) is 19.7 Å². The summed E-state index contributed by atoms with van der Waals surface area (Å²) in [6.07, 6.45) is 0. The molecule has 8 heavy (non-hydrogen) atoms. The van der Waals surface area contributed by atoms with Crippen molar-refractivity contribution < 1.29 is 5.11 Å². The van der Waals surface area contributed by atoms with Gasteiger partial charge in [0.05, 0.1) is 6.61 Å². The van der Waals surface area contributed by atoms with E-state index in [9.17, 15) is 0 Å². The molecule has 0 aliphatic carbocycles. The third-order valence-electron chi connectivity index (χ3n) is 1.63. The van der Waals surface area contributed by atoms with Crippen LogP contribution >= 0.6 is 0 Å². The van der Waals surface area contributed by atoms with Crippen molar-refractivity contribution in [3.8, 4) is 0 Å². The highest BCUT2D eigenvalue weighted by Crippen LogP contribution is 2.05. The molecular weight excluding hydrogens is 104 g/mol. The monoisotopic (exact) mass is 116 g/mol. The number of aliphatic hydroxyl groups is 1. The summed E-state index contributed by atoms with van der Waals surface area (Å²) in [5.74, 6) is 0.514. The zero-order valence-electron chi connectivity index (χ0n) is 4.80. The molecule has 0 saturated carbocycles. The second-order valence-electron chi connectivity index (χ2n) is 2.26. The van der Waals surface area contributed by atoms with Gasteiger partial charge in [-0.2, -0.15) is 0 Å². The van der Waals surface area contributed by atoms with Gasteiger partial charge in [0.25, 0.3) is 0 Å². The third-order valence-corrected chi connectivity index (χ3v) is 1.63. The van der Waals surface area contributed by atoms with E-state index in [-0.39, 0.29) is 12.6 Å². The van der Waals surface area contributed by atoms with Crippen LogP contribution in [0.3, 0.4) is 0 Å². The Balaban J connectivity index is 2.13. The molecule has 3 nitrogen and oxygen atoms in total. The van der Waals surface area contributed by atoms with Crippen LogP contribution in [0.15, 0.2) is 0 Å². The van der Waals surface area contributed by atoms with Crippen LogP contribution in [0.1, 0.15) is 0 Å². The molecule has 1 unspecified atom stereocenters. The van der Waals surface area contributed by atoms with E-state index in [1.54, 1.807) is 0 Å². The average molecular weight is 116 g/mol. The smallest absolute Gasteiger partial charge is 0.0586 e. The Kier molecular flexibility index (Phi) is 1.83. The van der Waals surface area contributed by atoms with Gasteiger partial charge in [0, 0.05) is 25.0 Å². The van der Waals surface area contributed by atoms with Crippen LogP contribution in [0, 0.1) is 5.92 Å². The molecule has 0 radical (unpaired) electrons. The Morgan fingerprint density at radius 2 is 2.38 bits per heavy atom. The maximum atomic E-state index is 8.52. The molecule has 1 aliphatic rings. The Hall–Kier alpha value is -0.120. The summed E-state index contributed by atoms with van der Waals surface area (Å²) in [4.78, 5) is 0. The van der Waals surface area contributed by atoms with Crippen molar-refractivity contribution in [1.82, 2.24) is 5.32 Å². The van der Waals surface area contributed by atoms with E-state index in [2.05, 4.69) is 5.32 Å². The number of hydrogen-bond acceptors (Lipinski definition) is 3. The average Bonchev–Trinajstić information content (AvgIpc) is 1.62. The maximum absolute atomic E-state index is 8.52. The van der Waals surface area contributed by atoms with Crippen LogP contribution in [0.2, 0.25) is 0 Å². The molecule has 0 aromatic carbocycles. The van der Waals surface area contributed by atoms with Crippen molar-refractivity contribution >= 4 is 0 Å². The number of rotatable bonds is 2. The molecule has 1 aliphatic heterocycles. The van der Waals surface area contributed by atoms with Gasteiger partial charge in [-0.3, -0.25) is 0 Å². The van der Waals surface area contributed by atoms with E-state index in [1.165, 1.54) is 0 Å². The van der Waals surface area contributed by atoms with Gasteiger partial charge in [-0.25, -0.2) is 0 Å². The van der Waals surface area contributed by atoms with Crippen molar-refractivity contribution in [3.63, 3.8) is 0 Å². The highest BCUT2D eigenvalue weighted by Gasteiger charge is 2.22. The number of nitrogens with two attached hydrogens (primary N) is 1. The van der Waals surface area contributed by atoms with E-state index >= 15 is 0 Å². The van der Waals surface area contributed by atoms with Gasteiger partial charge in [0.15, 0.2) is 0 Å². The molecule has 1 heterocycles. The second kappa shape index (κ2) is 2.44. The first-order chi connectivity index (χ1) is 3.84. The third kappa shape index (κ3) is 0.992. The standard InChI is InChI=1S/C5H12N2O/c6-5(3-8)4-1-7-2-4/h4-5,7-8H,1-3,6H2. The summed E-state index contributed by atoms with van der Waals surface area (Å²) in [5, 5.41) is 11.6. The highest BCUT2D eigenvalue weighted by atomic mass is 16.3. The Bertz CT molecular complexity index is 70.1. The van der Waals surface area contributed by atoms with Gasteiger partial charge in [-0.05, 0) is 0 Å². The predicted molar refractivity (Wildman–Crippen MR) is 31.4 cm³/mol. The minimum Gasteiger partial charge on any atom is -0.395 e.